The van der Waals surface area contributed by atoms with Crippen LogP contribution in [0.15, 0.2) is 18.6 Å². The molecule has 0 atom stereocenters. The van der Waals surface area contributed by atoms with Crippen LogP contribution < -0.4 is 51.4 Å². The van der Waals surface area contributed by atoms with Gasteiger partial charge in [0.05, 0.1) is 0 Å². The molecule has 0 saturated carbocycles. The van der Waals surface area contributed by atoms with Gasteiger partial charge in [-0.15, -0.1) is 0 Å². The van der Waals surface area contributed by atoms with E-state index >= 15 is 0 Å². The van der Waals surface area contributed by atoms with Crippen molar-refractivity contribution in [1.29, 1.82) is 0 Å². The Hall–Kier alpha value is 0.586. The molecule has 0 amide bonds. The van der Waals surface area contributed by atoms with Crippen LogP contribution in [0.4, 0.5) is 0 Å². The Labute approximate surface area is 91.2 Å². The summed E-state index contributed by atoms with van der Waals surface area (Å²) in [6.07, 6.45) is 3.14. The first kappa shape index (κ1) is 8.59. The molecule has 1 aromatic heterocycles. The summed E-state index contributed by atoms with van der Waals surface area (Å²) in [5.41, 5.74) is 0.759. The second kappa shape index (κ2) is 4.46. The molecule has 8 heavy (non-hydrogen) atoms. The normalized spacial score (nSPS) is 7.50. The van der Waals surface area contributed by atoms with Crippen LogP contribution in [-0.4, -0.2) is 9.97 Å². The summed E-state index contributed by atoms with van der Waals surface area (Å²) in [5.74, 6) is 0. The van der Waals surface area contributed by atoms with Crippen molar-refractivity contribution in [1.82, 2.24) is 9.97 Å². The number of rotatable bonds is 0. The predicted molar refractivity (Wildman–Crippen MR) is 26.5 cm³/mol. The molecule has 0 aliphatic heterocycles. The van der Waals surface area contributed by atoms with Gasteiger partial charge >= 0.3 is 51.4 Å². The van der Waals surface area contributed by atoms with Crippen molar-refractivity contribution < 1.29 is 51.4 Å². The summed E-state index contributed by atoms with van der Waals surface area (Å²) in [7, 11) is 0. The smallest absolute Gasteiger partial charge is 0.276 e. The van der Waals surface area contributed by atoms with Gasteiger partial charge < -0.3 is 0 Å². The number of hydrogen-bond acceptors (Lipinski definition) is 2. The van der Waals surface area contributed by atoms with Crippen LogP contribution in [-0.2, 0) is 0 Å². The molecular formula is C5H5KN2. The molecule has 0 spiro atoms. The maximum atomic E-state index is 3.76. The molecule has 3 heteroatoms. The summed E-state index contributed by atoms with van der Waals surface area (Å²) in [6.45, 7) is 3.57. The van der Waals surface area contributed by atoms with Gasteiger partial charge in [-0.3, -0.25) is 9.97 Å². The van der Waals surface area contributed by atoms with Crippen LogP contribution in [0.3, 0.4) is 0 Å². The summed E-state index contributed by atoms with van der Waals surface area (Å²) in [5, 5.41) is 0. The largest absolute Gasteiger partial charge is 1.00 e. The average molecular weight is 132 g/mol. The SMILES string of the molecule is [CH2-]c1ccncn1.[K+]. The monoisotopic (exact) mass is 132 g/mol. The minimum absolute atomic E-state index is 0. The van der Waals surface area contributed by atoms with Crippen LogP contribution >= 0.6 is 0 Å². The molecule has 1 heterocycles. The summed E-state index contributed by atoms with van der Waals surface area (Å²) >= 11 is 0. The quantitative estimate of drug-likeness (QED) is 0.292. The molecule has 0 unspecified atom stereocenters. The van der Waals surface area contributed by atoms with E-state index in [9.17, 15) is 0 Å². The molecule has 0 N–H and O–H groups in total. The molecule has 0 aromatic carbocycles. The molecule has 2 nitrogen and oxygen atoms in total. The fourth-order valence-corrected chi connectivity index (χ4v) is 0.318. The molecule has 1 aromatic rings. The fraction of sp³-hybridized carbons (Fsp3) is 0. The zero-order valence-corrected chi connectivity index (χ0v) is 7.96. The van der Waals surface area contributed by atoms with Gasteiger partial charge in [-0.25, -0.2) is 6.92 Å². The molecule has 0 aliphatic rings. The van der Waals surface area contributed by atoms with Crippen molar-refractivity contribution in [3.05, 3.63) is 31.2 Å². The topological polar surface area (TPSA) is 25.8 Å². The minimum Gasteiger partial charge on any atom is -0.276 e. The molecule has 0 bridgehead atoms. The molecule has 1 rings (SSSR count). The van der Waals surface area contributed by atoms with Crippen molar-refractivity contribution >= 4 is 0 Å². The zero-order valence-electron chi connectivity index (χ0n) is 4.83. The van der Waals surface area contributed by atoms with Gasteiger partial charge in [0, 0.05) is 0 Å². The summed E-state index contributed by atoms with van der Waals surface area (Å²) in [6, 6.07) is 1.75. The summed E-state index contributed by atoms with van der Waals surface area (Å²) < 4.78 is 0. The standard InChI is InChI=1S/C5H5N2.K/c1-5-2-3-6-4-7-5;/h2-4H,1H2;/q-1;+1. The van der Waals surface area contributed by atoms with E-state index in [4.69, 9.17) is 0 Å². The Morgan fingerprint density at radius 1 is 1.50 bits per heavy atom. The van der Waals surface area contributed by atoms with E-state index in [0.29, 0.717) is 0 Å². The zero-order chi connectivity index (χ0) is 5.11. The van der Waals surface area contributed by atoms with Crippen molar-refractivity contribution in [2.45, 2.75) is 0 Å². The maximum Gasteiger partial charge on any atom is 1.00 e. The molecule has 0 aliphatic carbocycles. The predicted octanol–water partition coefficient (Wildman–Crippen LogP) is -2.34. The third-order valence-electron chi connectivity index (χ3n) is 0.643. The fourth-order valence-electron chi connectivity index (χ4n) is 0.318. The second-order valence-corrected chi connectivity index (χ2v) is 1.20. The third-order valence-corrected chi connectivity index (χ3v) is 0.643. The van der Waals surface area contributed by atoms with E-state index in [1.165, 1.54) is 6.33 Å². The Balaban J connectivity index is 0.000000490. The third kappa shape index (κ3) is 2.79. The van der Waals surface area contributed by atoms with E-state index in [1.807, 2.05) is 0 Å². The average Bonchev–Trinajstić information content (AvgIpc) is 1.69. The van der Waals surface area contributed by atoms with Crippen molar-refractivity contribution in [3.8, 4) is 0 Å². The van der Waals surface area contributed by atoms with Gasteiger partial charge in [0.1, 0.15) is 6.33 Å². The van der Waals surface area contributed by atoms with Crippen LogP contribution in [0, 0.1) is 6.92 Å². The van der Waals surface area contributed by atoms with E-state index in [1.54, 1.807) is 12.3 Å². The van der Waals surface area contributed by atoms with Crippen molar-refractivity contribution in [3.63, 3.8) is 0 Å². The van der Waals surface area contributed by atoms with Gasteiger partial charge in [-0.1, -0.05) is 11.9 Å². The maximum absolute atomic E-state index is 3.76. The Bertz CT molecular complexity index is 140. The Morgan fingerprint density at radius 2 is 2.25 bits per heavy atom. The molecule has 36 valence electrons. The minimum atomic E-state index is 0. The van der Waals surface area contributed by atoms with Gasteiger partial charge in [0.2, 0.25) is 0 Å². The second-order valence-electron chi connectivity index (χ2n) is 1.20. The van der Waals surface area contributed by atoms with E-state index in [0.717, 1.165) is 5.69 Å². The number of aromatic nitrogens is 2. The molecule has 0 saturated heterocycles. The van der Waals surface area contributed by atoms with Crippen molar-refractivity contribution in [2.24, 2.45) is 0 Å². The first-order valence-corrected chi connectivity index (χ1v) is 1.97. The van der Waals surface area contributed by atoms with Gasteiger partial charge in [-0.2, -0.15) is 6.07 Å². The van der Waals surface area contributed by atoms with E-state index in [2.05, 4.69) is 16.9 Å². The number of hydrogen-bond donors (Lipinski definition) is 0. The van der Waals surface area contributed by atoms with Gasteiger partial charge in [0.25, 0.3) is 0 Å². The van der Waals surface area contributed by atoms with Crippen LogP contribution in [0.2, 0.25) is 0 Å². The first-order chi connectivity index (χ1) is 3.39. The van der Waals surface area contributed by atoms with Crippen molar-refractivity contribution in [2.75, 3.05) is 0 Å². The Kier molecular flexibility index (Phi) is 4.79. The van der Waals surface area contributed by atoms with Crippen LogP contribution in [0.5, 0.6) is 0 Å². The molecular weight excluding hydrogens is 127 g/mol. The van der Waals surface area contributed by atoms with E-state index < -0.39 is 0 Å². The van der Waals surface area contributed by atoms with Crippen LogP contribution in [0.25, 0.3) is 0 Å². The Morgan fingerprint density at radius 3 is 2.50 bits per heavy atom. The van der Waals surface area contributed by atoms with Gasteiger partial charge in [0.15, 0.2) is 0 Å². The first-order valence-electron chi connectivity index (χ1n) is 1.97. The molecule has 0 fully saturated rings. The molecule has 0 radical (unpaired) electrons. The van der Waals surface area contributed by atoms with E-state index in [-0.39, 0.29) is 51.4 Å². The van der Waals surface area contributed by atoms with Gasteiger partial charge in [-0.05, 0) is 0 Å². The summed E-state index contributed by atoms with van der Waals surface area (Å²) in [4.78, 5) is 7.45. The van der Waals surface area contributed by atoms with Crippen LogP contribution in [0.1, 0.15) is 5.69 Å². The number of nitrogens with zero attached hydrogens (tertiary/aromatic N) is 2.